The molecule has 23 heavy (non-hydrogen) atoms. The van der Waals surface area contributed by atoms with E-state index >= 15 is 0 Å². The smallest absolute Gasteiger partial charge is 0.305 e. The van der Waals surface area contributed by atoms with Gasteiger partial charge < -0.3 is 19.5 Å². The number of carbonyl (C=O) groups excluding carboxylic acids is 1. The van der Waals surface area contributed by atoms with Crippen LogP contribution in [0, 0.1) is 11.8 Å². The van der Waals surface area contributed by atoms with Crippen molar-refractivity contribution in [3.63, 3.8) is 0 Å². The summed E-state index contributed by atoms with van der Waals surface area (Å²) in [4.78, 5) is 11.6. The third kappa shape index (κ3) is 4.61. The summed E-state index contributed by atoms with van der Waals surface area (Å²) < 4.78 is 16.5. The molecule has 2 atom stereocenters. The van der Waals surface area contributed by atoms with Crippen LogP contribution in [0.3, 0.4) is 0 Å². The molecule has 5 nitrogen and oxygen atoms in total. The maximum atomic E-state index is 11.6. The van der Waals surface area contributed by atoms with Crippen molar-refractivity contribution in [2.45, 2.75) is 19.3 Å². The lowest BCUT2D eigenvalue weighted by Crippen LogP contribution is -2.38. The summed E-state index contributed by atoms with van der Waals surface area (Å²) in [7, 11) is 4.74. The van der Waals surface area contributed by atoms with E-state index in [2.05, 4.69) is 21.2 Å². The number of methoxy groups -OCH3 is 3. The van der Waals surface area contributed by atoms with Crippen LogP contribution in [0.1, 0.15) is 18.4 Å². The van der Waals surface area contributed by atoms with E-state index in [4.69, 9.17) is 14.2 Å². The summed E-state index contributed by atoms with van der Waals surface area (Å²) in [5, 5.41) is 3.42. The summed E-state index contributed by atoms with van der Waals surface area (Å²) in [6.45, 7) is 1.85. The fraction of sp³-hybridized carbons (Fsp3) is 0.588. The zero-order chi connectivity index (χ0) is 16.8. The van der Waals surface area contributed by atoms with Gasteiger partial charge in [-0.15, -0.1) is 0 Å². The van der Waals surface area contributed by atoms with Crippen molar-refractivity contribution >= 4 is 21.9 Å². The molecule has 0 radical (unpaired) electrons. The fourth-order valence-corrected chi connectivity index (χ4v) is 3.68. The summed E-state index contributed by atoms with van der Waals surface area (Å²) in [5.74, 6) is 2.11. The Morgan fingerprint density at radius 2 is 1.87 bits per heavy atom. The van der Waals surface area contributed by atoms with E-state index in [1.54, 1.807) is 14.2 Å². The van der Waals surface area contributed by atoms with Gasteiger partial charge in [-0.25, -0.2) is 0 Å². The second kappa shape index (κ2) is 8.55. The Kier molecular flexibility index (Phi) is 6.72. The van der Waals surface area contributed by atoms with Gasteiger partial charge in [0.1, 0.15) is 16.0 Å². The molecular weight excluding hydrogens is 362 g/mol. The molecule has 128 valence electrons. The van der Waals surface area contributed by atoms with E-state index in [-0.39, 0.29) is 5.97 Å². The molecule has 1 saturated heterocycles. The highest BCUT2D eigenvalue weighted by Gasteiger charge is 2.28. The van der Waals surface area contributed by atoms with Crippen LogP contribution in [0.5, 0.6) is 11.5 Å². The molecule has 2 unspecified atom stereocenters. The van der Waals surface area contributed by atoms with Crippen LogP contribution in [-0.2, 0) is 16.0 Å². The number of rotatable bonds is 6. The van der Waals surface area contributed by atoms with E-state index in [9.17, 15) is 4.79 Å². The minimum Gasteiger partial charge on any atom is -0.495 e. The number of carbonyl (C=O) groups is 1. The maximum Gasteiger partial charge on any atom is 0.305 e. The van der Waals surface area contributed by atoms with Gasteiger partial charge in [0.05, 0.1) is 21.3 Å². The minimum absolute atomic E-state index is 0.132. The first-order valence-electron chi connectivity index (χ1n) is 7.77. The van der Waals surface area contributed by atoms with Crippen molar-refractivity contribution in [3.05, 3.63) is 22.2 Å². The monoisotopic (exact) mass is 385 g/mol. The number of piperidine rings is 1. The maximum absolute atomic E-state index is 11.6. The summed E-state index contributed by atoms with van der Waals surface area (Å²) in [5.41, 5.74) is 1.14. The Hall–Kier alpha value is -1.27. The molecule has 6 heteroatoms. The predicted molar refractivity (Wildman–Crippen MR) is 92.0 cm³/mol. The lowest BCUT2D eigenvalue weighted by atomic mass is 9.80. The highest BCUT2D eigenvalue weighted by atomic mass is 79.9. The number of benzene rings is 1. The van der Waals surface area contributed by atoms with Crippen LogP contribution in [0.4, 0.5) is 0 Å². The Morgan fingerprint density at radius 1 is 1.22 bits per heavy atom. The van der Waals surface area contributed by atoms with E-state index in [1.807, 2.05) is 12.1 Å². The summed E-state index contributed by atoms with van der Waals surface area (Å²) in [6.07, 6.45) is 2.34. The van der Waals surface area contributed by atoms with Gasteiger partial charge in [0.2, 0.25) is 0 Å². The highest BCUT2D eigenvalue weighted by Crippen LogP contribution is 2.37. The number of hydrogen-bond acceptors (Lipinski definition) is 5. The zero-order valence-electron chi connectivity index (χ0n) is 13.9. The van der Waals surface area contributed by atoms with Gasteiger partial charge in [-0.05, 0) is 71.4 Å². The normalized spacial score (nSPS) is 20.9. The van der Waals surface area contributed by atoms with Gasteiger partial charge in [-0.3, -0.25) is 4.79 Å². The average molecular weight is 386 g/mol. The molecule has 0 bridgehead atoms. The SMILES string of the molecule is COC(=O)CC1CCNCC1Cc1cc(OC)c(Br)c(OC)c1. The lowest BCUT2D eigenvalue weighted by molar-refractivity contribution is -0.142. The first-order valence-corrected chi connectivity index (χ1v) is 8.56. The van der Waals surface area contributed by atoms with Gasteiger partial charge in [0.25, 0.3) is 0 Å². The first kappa shape index (κ1) is 18.1. The van der Waals surface area contributed by atoms with Crippen molar-refractivity contribution in [1.82, 2.24) is 5.32 Å². The Bertz CT molecular complexity index is 524. The molecule has 1 aliphatic rings. The van der Waals surface area contributed by atoms with Crippen molar-refractivity contribution in [2.24, 2.45) is 11.8 Å². The van der Waals surface area contributed by atoms with E-state index < -0.39 is 0 Å². The largest absolute Gasteiger partial charge is 0.495 e. The number of esters is 1. The molecule has 0 aliphatic carbocycles. The van der Waals surface area contributed by atoms with Crippen LogP contribution >= 0.6 is 15.9 Å². The molecule has 1 aliphatic heterocycles. The molecule has 2 rings (SSSR count). The number of hydrogen-bond donors (Lipinski definition) is 1. The van der Waals surface area contributed by atoms with E-state index in [0.717, 1.165) is 47.5 Å². The molecule has 0 aromatic heterocycles. The standard InChI is InChI=1S/C17H24BrNO4/c1-21-14-7-11(8-15(22-2)17(14)18)6-13-10-19-5-4-12(13)9-16(20)23-3/h7-8,12-13,19H,4-6,9-10H2,1-3H3. The Labute approximate surface area is 145 Å². The van der Waals surface area contributed by atoms with Crippen LogP contribution in [0.15, 0.2) is 16.6 Å². The predicted octanol–water partition coefficient (Wildman–Crippen LogP) is 2.80. The zero-order valence-corrected chi connectivity index (χ0v) is 15.4. The molecule has 1 heterocycles. The molecule has 0 spiro atoms. The Balaban J connectivity index is 2.16. The van der Waals surface area contributed by atoms with Gasteiger partial charge >= 0.3 is 5.97 Å². The van der Waals surface area contributed by atoms with Crippen LogP contribution in [0.2, 0.25) is 0 Å². The topological polar surface area (TPSA) is 56.8 Å². The molecule has 1 aromatic carbocycles. The summed E-state index contributed by atoms with van der Waals surface area (Å²) in [6, 6.07) is 4.05. The van der Waals surface area contributed by atoms with Gasteiger partial charge in [0, 0.05) is 6.42 Å². The van der Waals surface area contributed by atoms with Gasteiger partial charge in [-0.1, -0.05) is 0 Å². The number of nitrogens with one attached hydrogen (secondary N) is 1. The third-order valence-corrected chi connectivity index (χ3v) is 5.21. The number of halogens is 1. The summed E-state index contributed by atoms with van der Waals surface area (Å²) >= 11 is 3.49. The van der Waals surface area contributed by atoms with Crippen molar-refractivity contribution < 1.29 is 19.0 Å². The Morgan fingerprint density at radius 3 is 2.43 bits per heavy atom. The van der Waals surface area contributed by atoms with Crippen molar-refractivity contribution in [1.29, 1.82) is 0 Å². The fourth-order valence-electron chi connectivity index (χ4n) is 3.13. The van der Waals surface area contributed by atoms with Crippen molar-refractivity contribution in [3.8, 4) is 11.5 Å². The molecular formula is C17H24BrNO4. The van der Waals surface area contributed by atoms with Crippen molar-refractivity contribution in [2.75, 3.05) is 34.4 Å². The average Bonchev–Trinajstić information content (AvgIpc) is 2.57. The van der Waals surface area contributed by atoms with E-state index in [0.29, 0.717) is 18.3 Å². The molecule has 1 fully saturated rings. The van der Waals surface area contributed by atoms with Gasteiger partial charge in [0.15, 0.2) is 0 Å². The molecule has 1 N–H and O–H groups in total. The first-order chi connectivity index (χ1) is 11.1. The second-order valence-electron chi connectivity index (χ2n) is 5.81. The second-order valence-corrected chi connectivity index (χ2v) is 6.60. The van der Waals surface area contributed by atoms with Crippen LogP contribution < -0.4 is 14.8 Å². The van der Waals surface area contributed by atoms with Gasteiger partial charge in [-0.2, -0.15) is 0 Å². The van der Waals surface area contributed by atoms with E-state index in [1.165, 1.54) is 7.11 Å². The quantitative estimate of drug-likeness (QED) is 0.762. The van der Waals surface area contributed by atoms with Crippen LogP contribution in [0.25, 0.3) is 0 Å². The molecule has 1 aromatic rings. The molecule has 0 amide bonds. The highest BCUT2D eigenvalue weighted by molar-refractivity contribution is 9.10. The number of ether oxygens (including phenoxy) is 3. The third-order valence-electron chi connectivity index (χ3n) is 4.42. The molecule has 0 saturated carbocycles. The van der Waals surface area contributed by atoms with Crippen LogP contribution in [-0.4, -0.2) is 40.4 Å². The lowest BCUT2D eigenvalue weighted by Gasteiger charge is -2.32. The minimum atomic E-state index is -0.132.